The molecule has 2 aliphatic rings. The maximum absolute atomic E-state index is 10.9. The number of nitrogens with two attached hydrogens (primary N) is 2. The van der Waals surface area contributed by atoms with Crippen molar-refractivity contribution >= 4 is 69.7 Å². The molecule has 196 valence electrons. The van der Waals surface area contributed by atoms with Crippen molar-refractivity contribution in [3.63, 3.8) is 0 Å². The van der Waals surface area contributed by atoms with Gasteiger partial charge in [-0.15, -0.1) is 0 Å². The third-order valence-corrected chi connectivity index (χ3v) is 5.92. The van der Waals surface area contributed by atoms with Gasteiger partial charge in [-0.25, -0.2) is 0 Å². The number of carboxylic acids is 3. The molecule has 16 heteroatoms. The van der Waals surface area contributed by atoms with Crippen molar-refractivity contribution in [2.75, 3.05) is 30.9 Å². The van der Waals surface area contributed by atoms with Gasteiger partial charge in [0, 0.05) is 5.92 Å². The summed E-state index contributed by atoms with van der Waals surface area (Å²) in [7, 11) is 0. The predicted octanol–water partition coefficient (Wildman–Crippen LogP) is -1.69. The Kier molecular flexibility index (Phi) is 19.7. The molecule has 1 unspecified atom stereocenters. The Balaban J connectivity index is 0. The maximum atomic E-state index is 10.9. The molecule has 13 nitrogen and oxygen atoms in total. The molecule has 4 atom stereocenters. The molecular weight excluding hydrogens is 512 g/mol. The van der Waals surface area contributed by atoms with Gasteiger partial charge in [0.1, 0.15) is 28.2 Å². The minimum Gasteiger partial charge on any atom is -0.480 e. The van der Waals surface area contributed by atoms with Gasteiger partial charge in [0.05, 0.1) is 12.4 Å². The second-order valence-electron chi connectivity index (χ2n) is 6.75. The first kappa shape index (κ1) is 34.3. The molecule has 10 N–H and O–H groups in total. The highest BCUT2D eigenvalue weighted by molar-refractivity contribution is 8.24. The number of carbonyl (C=O) groups excluding carboxylic acids is 2. The van der Waals surface area contributed by atoms with Gasteiger partial charge in [0.15, 0.2) is 0 Å². The number of aliphatic hydroxyl groups excluding tert-OH is 1. The van der Waals surface area contributed by atoms with E-state index in [1.807, 2.05) is 6.26 Å². The molecular formula is C18H32N4O9S3. The first-order chi connectivity index (χ1) is 15.8. The molecule has 2 aliphatic heterocycles. The number of hydrogen-bond donors (Lipinski definition) is 8. The number of amides is 1. The lowest BCUT2D eigenvalue weighted by Gasteiger charge is -2.10. The summed E-state index contributed by atoms with van der Waals surface area (Å²) >= 11 is 7.61. The first-order valence-corrected chi connectivity index (χ1v) is 12.6. The summed E-state index contributed by atoms with van der Waals surface area (Å²) < 4.78 is 0.602. The topological polar surface area (TPSA) is 242 Å². The number of carboxylic acid groups (broad SMARTS) is 3. The normalized spacial score (nSPS) is 20.1. The third kappa shape index (κ3) is 16.7. The molecule has 1 amide bonds. The van der Waals surface area contributed by atoms with Gasteiger partial charge >= 0.3 is 17.9 Å². The number of ketones is 1. The van der Waals surface area contributed by atoms with Crippen LogP contribution in [0.2, 0.25) is 0 Å². The van der Waals surface area contributed by atoms with E-state index >= 15 is 0 Å². The lowest BCUT2D eigenvalue weighted by molar-refractivity contribution is -0.142. The summed E-state index contributed by atoms with van der Waals surface area (Å²) in [4.78, 5) is 51.3. The van der Waals surface area contributed by atoms with Crippen LogP contribution in [0, 0.1) is 5.92 Å². The number of nitrogens with one attached hydrogen (secondary N) is 2. The van der Waals surface area contributed by atoms with Gasteiger partial charge in [-0.1, -0.05) is 24.0 Å². The van der Waals surface area contributed by atoms with Crippen LogP contribution < -0.4 is 22.1 Å². The molecule has 2 fully saturated rings. The number of thiocarbonyl (C=S) groups is 1. The highest BCUT2D eigenvalue weighted by Gasteiger charge is 2.35. The average molecular weight is 545 g/mol. The molecule has 0 radical (unpaired) electrons. The van der Waals surface area contributed by atoms with E-state index in [0.717, 1.165) is 5.75 Å². The molecule has 0 aromatic heterocycles. The molecule has 2 saturated heterocycles. The Labute approximate surface area is 210 Å². The SMILES string of the molecule is CC(=O)C1CCN[C@@H]1C(=O)O.CSCC[C@H](N)C(=O)O.N[C@@H](CO)C(=O)O.O=C1CSC(=S)N1. The van der Waals surface area contributed by atoms with Crippen LogP contribution in [-0.2, 0) is 24.0 Å². The van der Waals surface area contributed by atoms with Crippen LogP contribution >= 0.6 is 35.7 Å². The van der Waals surface area contributed by atoms with Gasteiger partial charge in [-0.3, -0.25) is 24.0 Å². The van der Waals surface area contributed by atoms with Gasteiger partial charge in [-0.05, 0) is 38.3 Å². The number of hydrogen-bond acceptors (Lipinski definition) is 12. The van der Waals surface area contributed by atoms with Crippen molar-refractivity contribution in [2.45, 2.75) is 37.9 Å². The van der Waals surface area contributed by atoms with E-state index in [9.17, 15) is 24.0 Å². The molecule has 0 spiro atoms. The summed E-state index contributed by atoms with van der Waals surface area (Å²) in [5.41, 5.74) is 9.96. The number of aliphatic hydroxyl groups is 1. The van der Waals surface area contributed by atoms with Crippen molar-refractivity contribution in [2.24, 2.45) is 17.4 Å². The summed E-state index contributed by atoms with van der Waals surface area (Å²) in [5.74, 6) is -2.05. The van der Waals surface area contributed by atoms with E-state index in [0.29, 0.717) is 29.5 Å². The fraction of sp³-hybridized carbons (Fsp3) is 0.667. The van der Waals surface area contributed by atoms with Crippen molar-refractivity contribution in [3.8, 4) is 0 Å². The van der Waals surface area contributed by atoms with Gasteiger partial charge in [0.25, 0.3) is 0 Å². The highest BCUT2D eigenvalue weighted by atomic mass is 32.2. The average Bonchev–Trinajstić information content (AvgIpc) is 3.41. The summed E-state index contributed by atoms with van der Waals surface area (Å²) in [6.07, 6.45) is 3.12. The number of thioether (sulfide) groups is 2. The van der Waals surface area contributed by atoms with E-state index in [1.54, 1.807) is 11.8 Å². The minimum absolute atomic E-state index is 0.0231. The molecule has 0 bridgehead atoms. The smallest absolute Gasteiger partial charge is 0.322 e. The van der Waals surface area contributed by atoms with Crippen molar-refractivity contribution in [1.82, 2.24) is 10.6 Å². The largest absolute Gasteiger partial charge is 0.480 e. The van der Waals surface area contributed by atoms with Gasteiger partial charge in [0.2, 0.25) is 5.91 Å². The van der Waals surface area contributed by atoms with E-state index in [1.165, 1.54) is 18.7 Å². The summed E-state index contributed by atoms with van der Waals surface area (Å²) in [5, 5.41) is 38.0. The van der Waals surface area contributed by atoms with E-state index < -0.39 is 42.6 Å². The van der Waals surface area contributed by atoms with E-state index in [2.05, 4.69) is 22.9 Å². The zero-order valence-corrected chi connectivity index (χ0v) is 21.2. The number of Topliss-reactive ketones (excluding diaryl/α,β-unsaturated/α-hetero) is 1. The monoisotopic (exact) mass is 544 g/mol. The standard InChI is InChI=1S/C7H11NO3.C5H11NO2S.C3H7NO3.C3H3NOS2/c1-4(9)5-2-3-8-6(5)7(10)11;1-9-3-2-4(6)5(7)8;4-2(1-5)3(6)7;5-2-1-7-3(6)4-2/h5-6,8H,2-3H2,1H3,(H,10,11);4H,2-3,6H2,1H3,(H,7,8);2,5H,1,4H2,(H,6,7);1H2,(H,4,5,6)/t5?,6-;4-;2-;/m000./s1. The second kappa shape index (κ2) is 19.5. The summed E-state index contributed by atoms with van der Waals surface area (Å²) in [6.45, 7) is 1.56. The van der Waals surface area contributed by atoms with Gasteiger partial charge < -0.3 is 42.5 Å². The van der Waals surface area contributed by atoms with Crippen molar-refractivity contribution < 1.29 is 44.4 Å². The molecule has 34 heavy (non-hydrogen) atoms. The Morgan fingerprint density at radius 3 is 1.97 bits per heavy atom. The van der Waals surface area contributed by atoms with Crippen LogP contribution in [0.4, 0.5) is 0 Å². The molecule has 0 saturated carbocycles. The highest BCUT2D eigenvalue weighted by Crippen LogP contribution is 2.16. The third-order valence-electron chi connectivity index (χ3n) is 4.05. The van der Waals surface area contributed by atoms with Crippen LogP contribution in [0.25, 0.3) is 0 Å². The van der Waals surface area contributed by atoms with Crippen LogP contribution in [-0.4, -0.2) is 103 Å². The van der Waals surface area contributed by atoms with E-state index in [-0.39, 0.29) is 17.6 Å². The Morgan fingerprint density at radius 2 is 1.74 bits per heavy atom. The minimum atomic E-state index is -1.18. The maximum Gasteiger partial charge on any atom is 0.322 e. The zero-order valence-electron chi connectivity index (χ0n) is 18.8. The number of aliphatic carboxylic acids is 3. The van der Waals surface area contributed by atoms with Crippen LogP contribution in [0.15, 0.2) is 0 Å². The van der Waals surface area contributed by atoms with Crippen molar-refractivity contribution in [1.29, 1.82) is 0 Å². The van der Waals surface area contributed by atoms with Crippen LogP contribution in [0.5, 0.6) is 0 Å². The van der Waals surface area contributed by atoms with Crippen LogP contribution in [0.3, 0.4) is 0 Å². The molecule has 0 aromatic rings. The van der Waals surface area contributed by atoms with Crippen LogP contribution in [0.1, 0.15) is 19.8 Å². The predicted molar refractivity (Wildman–Crippen MR) is 133 cm³/mol. The second-order valence-corrected chi connectivity index (χ2v) is 9.39. The zero-order chi connectivity index (χ0) is 26.8. The molecule has 0 aromatic carbocycles. The fourth-order valence-corrected chi connectivity index (χ4v) is 3.46. The van der Waals surface area contributed by atoms with Gasteiger partial charge in [-0.2, -0.15) is 11.8 Å². The Bertz CT molecular complexity index is 678. The molecule has 2 heterocycles. The number of rotatable bonds is 8. The fourth-order valence-electron chi connectivity index (χ4n) is 2.16. The number of carbonyl (C=O) groups is 5. The molecule has 2 rings (SSSR count). The molecule has 0 aliphatic carbocycles. The lowest BCUT2D eigenvalue weighted by Crippen LogP contribution is -2.37. The lowest BCUT2D eigenvalue weighted by atomic mass is 9.97. The first-order valence-electron chi connectivity index (χ1n) is 9.78. The van der Waals surface area contributed by atoms with Crippen molar-refractivity contribution in [3.05, 3.63) is 0 Å². The Morgan fingerprint density at radius 1 is 1.18 bits per heavy atom. The quantitative estimate of drug-likeness (QED) is 0.159. The Hall–Kier alpha value is -1.82. The van der Waals surface area contributed by atoms with E-state index in [4.69, 9.17) is 31.9 Å². The summed E-state index contributed by atoms with van der Waals surface area (Å²) in [6, 6.07) is -2.47.